The van der Waals surface area contributed by atoms with Gasteiger partial charge in [0.15, 0.2) is 0 Å². The van der Waals surface area contributed by atoms with Crippen LogP contribution in [0.25, 0.3) is 0 Å². The van der Waals surface area contributed by atoms with E-state index >= 15 is 0 Å². The first-order valence-corrected chi connectivity index (χ1v) is 13.0. The number of carbonyl (C=O) groups is 1. The lowest BCUT2D eigenvalue weighted by Crippen LogP contribution is -2.43. The van der Waals surface area contributed by atoms with Gasteiger partial charge < -0.3 is 4.74 Å². The zero-order valence-corrected chi connectivity index (χ0v) is 21.3. The number of ether oxygens (including phenoxy) is 1. The van der Waals surface area contributed by atoms with E-state index in [1.54, 1.807) is 13.8 Å². The summed E-state index contributed by atoms with van der Waals surface area (Å²) in [5.74, 6) is -0.375. The molecule has 0 unspecified atom stereocenters. The molecule has 0 saturated heterocycles. The highest BCUT2D eigenvalue weighted by Gasteiger charge is 2.37. The molecule has 3 aromatic rings. The molecule has 0 radical (unpaired) electrons. The number of nitrogens with zero attached hydrogens (tertiary/aromatic N) is 1. The third-order valence-electron chi connectivity index (χ3n) is 5.92. The van der Waals surface area contributed by atoms with Crippen LogP contribution < -0.4 is 0 Å². The molecule has 0 aliphatic heterocycles. The van der Waals surface area contributed by atoms with E-state index in [0.29, 0.717) is 16.0 Å². The molecule has 0 amide bonds. The van der Waals surface area contributed by atoms with Crippen LogP contribution in [-0.2, 0) is 26.1 Å². The van der Waals surface area contributed by atoms with E-state index in [1.165, 1.54) is 4.31 Å². The molecule has 0 saturated carbocycles. The van der Waals surface area contributed by atoms with Crippen molar-refractivity contribution in [3.05, 3.63) is 101 Å². The fourth-order valence-electron chi connectivity index (χ4n) is 4.37. The first-order chi connectivity index (χ1) is 16.1. The Labute approximate surface area is 203 Å². The minimum Gasteiger partial charge on any atom is -0.456 e. The van der Waals surface area contributed by atoms with Gasteiger partial charge in [0.1, 0.15) is 6.10 Å². The van der Waals surface area contributed by atoms with Crippen LogP contribution in [0.1, 0.15) is 54.2 Å². The summed E-state index contributed by atoms with van der Waals surface area (Å²) in [4.78, 5) is 12.7. The van der Waals surface area contributed by atoms with E-state index in [2.05, 4.69) is 0 Å². The van der Waals surface area contributed by atoms with Crippen molar-refractivity contribution >= 4 is 16.0 Å². The van der Waals surface area contributed by atoms with Gasteiger partial charge in [0.05, 0.1) is 10.9 Å². The van der Waals surface area contributed by atoms with Crippen LogP contribution >= 0.6 is 0 Å². The summed E-state index contributed by atoms with van der Waals surface area (Å²) in [6.07, 6.45) is -0.546. The molecule has 5 nitrogen and oxygen atoms in total. The quantitative estimate of drug-likeness (QED) is 0.359. The van der Waals surface area contributed by atoms with Gasteiger partial charge in [-0.15, -0.1) is 0 Å². The van der Waals surface area contributed by atoms with Crippen LogP contribution in [0.3, 0.4) is 0 Å². The van der Waals surface area contributed by atoms with E-state index in [4.69, 9.17) is 4.74 Å². The molecule has 0 fully saturated rings. The largest absolute Gasteiger partial charge is 0.456 e. The molecular formula is C28H33NO4S. The van der Waals surface area contributed by atoms with Crippen LogP contribution in [0.4, 0.5) is 0 Å². The number of rotatable bonds is 9. The second kappa shape index (κ2) is 11.0. The lowest BCUT2D eigenvalue weighted by Gasteiger charge is -2.34. The molecule has 2 atom stereocenters. The van der Waals surface area contributed by atoms with Gasteiger partial charge in [0.25, 0.3) is 0 Å². The third kappa shape index (κ3) is 5.75. The van der Waals surface area contributed by atoms with Crippen LogP contribution in [0.5, 0.6) is 0 Å². The summed E-state index contributed by atoms with van der Waals surface area (Å²) >= 11 is 0. The highest BCUT2D eigenvalue weighted by atomic mass is 32.2. The zero-order valence-electron chi connectivity index (χ0n) is 20.5. The highest BCUT2D eigenvalue weighted by molar-refractivity contribution is 7.89. The predicted molar refractivity (Wildman–Crippen MR) is 135 cm³/mol. The molecular weight excluding hydrogens is 446 g/mol. The smallest absolute Gasteiger partial charge is 0.306 e. The molecule has 180 valence electrons. The standard InChI is InChI=1S/C28H33NO4S/c1-6-26(30)33-27(25-15-11-8-12-16-25)23(5)29(19-24-13-9-7-10-14-24)34(31,32)28-21(3)17-20(2)18-22(28)4/h7-18,23,27H,6,19H2,1-5H3/t23-,27-/m0/s1. The van der Waals surface area contributed by atoms with Gasteiger partial charge in [0, 0.05) is 13.0 Å². The zero-order chi connectivity index (χ0) is 24.9. The average Bonchev–Trinajstić information content (AvgIpc) is 2.80. The fourth-order valence-corrected chi connectivity index (χ4v) is 6.40. The Bertz CT molecular complexity index is 1200. The van der Waals surface area contributed by atoms with Gasteiger partial charge >= 0.3 is 5.97 Å². The molecule has 0 bridgehead atoms. The fraction of sp³-hybridized carbons (Fsp3) is 0.321. The van der Waals surface area contributed by atoms with Gasteiger partial charge in [-0.05, 0) is 49.9 Å². The summed E-state index contributed by atoms with van der Waals surface area (Å²) in [6, 6.07) is 21.9. The highest BCUT2D eigenvalue weighted by Crippen LogP contribution is 2.33. The Morgan fingerprint density at radius 2 is 1.44 bits per heavy atom. The molecule has 0 N–H and O–H groups in total. The predicted octanol–water partition coefficient (Wildman–Crippen LogP) is 5.89. The minimum absolute atomic E-state index is 0.157. The van der Waals surface area contributed by atoms with Crippen molar-refractivity contribution in [2.75, 3.05) is 0 Å². The average molecular weight is 480 g/mol. The second-order valence-corrected chi connectivity index (χ2v) is 10.5. The molecule has 0 aromatic heterocycles. The SMILES string of the molecule is CCC(=O)O[C@H](c1ccccc1)[C@H](C)N(Cc1ccccc1)S(=O)(=O)c1c(C)cc(C)cc1C. The Hall–Kier alpha value is -2.96. The maximum atomic E-state index is 14.2. The number of sulfonamides is 1. The van der Waals surface area contributed by atoms with E-state index < -0.39 is 22.2 Å². The van der Waals surface area contributed by atoms with Gasteiger partial charge in [-0.2, -0.15) is 4.31 Å². The molecule has 0 aliphatic rings. The summed E-state index contributed by atoms with van der Waals surface area (Å²) < 4.78 is 35.7. The van der Waals surface area contributed by atoms with Crippen LogP contribution in [-0.4, -0.2) is 24.7 Å². The van der Waals surface area contributed by atoms with Crippen LogP contribution in [0, 0.1) is 20.8 Å². The molecule has 0 spiro atoms. The first kappa shape index (κ1) is 25.7. The lowest BCUT2D eigenvalue weighted by atomic mass is 10.0. The van der Waals surface area contributed by atoms with Crippen LogP contribution in [0.2, 0.25) is 0 Å². The molecule has 34 heavy (non-hydrogen) atoms. The Morgan fingerprint density at radius 1 is 0.912 bits per heavy atom. The van der Waals surface area contributed by atoms with Gasteiger partial charge in [0.2, 0.25) is 10.0 Å². The summed E-state index contributed by atoms with van der Waals surface area (Å²) in [5, 5.41) is 0. The monoisotopic (exact) mass is 479 g/mol. The van der Waals surface area contributed by atoms with E-state index in [-0.39, 0.29) is 18.9 Å². The number of aryl methyl sites for hydroxylation is 3. The maximum absolute atomic E-state index is 14.2. The Morgan fingerprint density at radius 3 is 1.97 bits per heavy atom. The number of hydrogen-bond acceptors (Lipinski definition) is 4. The first-order valence-electron chi connectivity index (χ1n) is 11.5. The van der Waals surface area contributed by atoms with Crippen molar-refractivity contribution in [3.8, 4) is 0 Å². The van der Waals surface area contributed by atoms with Crippen molar-refractivity contribution in [1.29, 1.82) is 0 Å². The Balaban J connectivity index is 2.15. The molecule has 0 aliphatic carbocycles. The summed E-state index contributed by atoms with van der Waals surface area (Å²) in [6.45, 7) is 9.29. The normalized spacial score (nSPS) is 13.5. The van der Waals surface area contributed by atoms with Gasteiger partial charge in [-0.1, -0.05) is 85.3 Å². The van der Waals surface area contributed by atoms with Crippen molar-refractivity contribution in [3.63, 3.8) is 0 Å². The number of benzene rings is 3. The van der Waals surface area contributed by atoms with E-state index in [0.717, 1.165) is 16.7 Å². The number of esters is 1. The number of carbonyl (C=O) groups excluding carboxylic acids is 1. The summed E-state index contributed by atoms with van der Waals surface area (Å²) in [5.41, 5.74) is 4.01. The maximum Gasteiger partial charge on any atom is 0.306 e. The topological polar surface area (TPSA) is 63.7 Å². The van der Waals surface area contributed by atoms with E-state index in [1.807, 2.05) is 93.6 Å². The van der Waals surface area contributed by atoms with Crippen LogP contribution in [0.15, 0.2) is 77.7 Å². The van der Waals surface area contributed by atoms with E-state index in [9.17, 15) is 13.2 Å². The molecule has 3 aromatic carbocycles. The van der Waals surface area contributed by atoms with Crippen molar-refractivity contribution in [2.24, 2.45) is 0 Å². The number of hydrogen-bond donors (Lipinski definition) is 0. The van der Waals surface area contributed by atoms with Gasteiger partial charge in [-0.25, -0.2) is 8.42 Å². The molecule has 3 rings (SSSR count). The van der Waals surface area contributed by atoms with Crippen molar-refractivity contribution in [1.82, 2.24) is 4.31 Å². The Kier molecular flexibility index (Phi) is 8.28. The minimum atomic E-state index is -3.93. The third-order valence-corrected chi connectivity index (χ3v) is 8.16. The summed E-state index contributed by atoms with van der Waals surface area (Å²) in [7, 11) is -3.93. The van der Waals surface area contributed by atoms with Crippen molar-refractivity contribution < 1.29 is 17.9 Å². The second-order valence-electron chi connectivity index (χ2n) is 8.68. The molecule has 0 heterocycles. The lowest BCUT2D eigenvalue weighted by molar-refractivity contribution is -0.151. The molecule has 6 heteroatoms. The van der Waals surface area contributed by atoms with Crippen molar-refractivity contribution in [2.45, 2.75) is 64.6 Å². The van der Waals surface area contributed by atoms with Gasteiger partial charge in [-0.3, -0.25) is 4.79 Å².